The van der Waals surface area contributed by atoms with E-state index in [0.29, 0.717) is 61.5 Å². The highest BCUT2D eigenvalue weighted by Gasteiger charge is 2.40. The number of halogens is 1. The Morgan fingerprint density at radius 2 is 1.94 bits per heavy atom. The first-order chi connectivity index (χ1) is 16.8. The highest BCUT2D eigenvalue weighted by atomic mass is 35.5. The number of carbonyl (C=O) groups excluding carboxylic acids is 2. The Morgan fingerprint density at radius 1 is 1.14 bits per heavy atom. The predicted molar refractivity (Wildman–Crippen MR) is 136 cm³/mol. The van der Waals surface area contributed by atoms with E-state index in [0.717, 1.165) is 11.1 Å². The molecule has 1 aromatic heterocycles. The monoisotopic (exact) mass is 495 g/mol. The number of hydrogen-bond acceptors (Lipinski definition) is 6. The van der Waals surface area contributed by atoms with Crippen LogP contribution in [0.1, 0.15) is 42.0 Å². The van der Waals surface area contributed by atoms with E-state index in [1.54, 1.807) is 29.0 Å². The Bertz CT molecular complexity index is 1180. The van der Waals surface area contributed by atoms with Gasteiger partial charge in [0.1, 0.15) is 5.69 Å². The van der Waals surface area contributed by atoms with Crippen molar-refractivity contribution in [1.82, 2.24) is 20.1 Å². The molecule has 9 heteroatoms. The van der Waals surface area contributed by atoms with Crippen LogP contribution in [-0.4, -0.2) is 71.3 Å². The summed E-state index contributed by atoms with van der Waals surface area (Å²) in [5, 5.41) is 3.78. The summed E-state index contributed by atoms with van der Waals surface area (Å²) in [5.74, 6) is -0.0168. The maximum atomic E-state index is 13.4. The van der Waals surface area contributed by atoms with Crippen molar-refractivity contribution in [3.63, 3.8) is 0 Å². The van der Waals surface area contributed by atoms with Gasteiger partial charge < -0.3 is 19.9 Å². The lowest BCUT2D eigenvalue weighted by Crippen LogP contribution is -2.64. The first kappa shape index (κ1) is 24.9. The van der Waals surface area contributed by atoms with E-state index >= 15 is 0 Å². The van der Waals surface area contributed by atoms with Crippen LogP contribution in [0.4, 0.5) is 0 Å². The van der Waals surface area contributed by atoms with Gasteiger partial charge in [0, 0.05) is 44.5 Å². The quantitative estimate of drug-likeness (QED) is 0.687. The SMILES string of the molecule is COCc1cccc(C(=O)N2CCN(C(=O)C3=NCCC(c4cccc(Cl)c4)=CN3)C(C)(C)C2)n1. The number of ether oxygens (including phenoxy) is 1. The number of methoxy groups -OCH3 is 1. The second kappa shape index (κ2) is 10.6. The van der Waals surface area contributed by atoms with Gasteiger partial charge in [-0.2, -0.15) is 0 Å². The molecule has 184 valence electrons. The molecule has 1 aromatic carbocycles. The van der Waals surface area contributed by atoms with E-state index in [4.69, 9.17) is 16.3 Å². The van der Waals surface area contributed by atoms with Crippen molar-refractivity contribution in [2.24, 2.45) is 4.99 Å². The minimum Gasteiger partial charge on any atom is -0.378 e. The van der Waals surface area contributed by atoms with E-state index in [9.17, 15) is 9.59 Å². The number of aliphatic imine (C=N–C) groups is 1. The molecule has 0 radical (unpaired) electrons. The summed E-state index contributed by atoms with van der Waals surface area (Å²) in [6.45, 7) is 5.98. The van der Waals surface area contributed by atoms with Crippen LogP contribution in [0, 0.1) is 0 Å². The van der Waals surface area contributed by atoms with Crippen molar-refractivity contribution in [3.05, 3.63) is 70.6 Å². The molecule has 2 aromatic rings. The second-order valence-corrected chi connectivity index (χ2v) is 9.68. The third-order valence-electron chi connectivity index (χ3n) is 6.18. The fourth-order valence-corrected chi connectivity index (χ4v) is 4.62. The van der Waals surface area contributed by atoms with Gasteiger partial charge in [-0.3, -0.25) is 14.6 Å². The largest absolute Gasteiger partial charge is 0.378 e. The van der Waals surface area contributed by atoms with Crippen LogP contribution in [0.5, 0.6) is 0 Å². The molecule has 0 spiro atoms. The van der Waals surface area contributed by atoms with Crippen LogP contribution in [0.3, 0.4) is 0 Å². The van der Waals surface area contributed by atoms with Crippen LogP contribution in [-0.2, 0) is 16.1 Å². The van der Waals surface area contributed by atoms with Crippen molar-refractivity contribution < 1.29 is 14.3 Å². The lowest BCUT2D eigenvalue weighted by Gasteiger charge is -2.47. The maximum Gasteiger partial charge on any atom is 0.289 e. The molecule has 0 unspecified atom stereocenters. The van der Waals surface area contributed by atoms with Gasteiger partial charge in [0.2, 0.25) is 0 Å². The van der Waals surface area contributed by atoms with Crippen molar-refractivity contribution in [3.8, 4) is 0 Å². The number of aromatic nitrogens is 1. The summed E-state index contributed by atoms with van der Waals surface area (Å²) < 4.78 is 5.13. The lowest BCUT2D eigenvalue weighted by atomic mass is 9.98. The lowest BCUT2D eigenvalue weighted by molar-refractivity contribution is -0.132. The minimum absolute atomic E-state index is 0.151. The smallest absolute Gasteiger partial charge is 0.289 e. The fraction of sp³-hybridized carbons (Fsp3) is 0.385. The van der Waals surface area contributed by atoms with Crippen LogP contribution < -0.4 is 5.32 Å². The molecular formula is C26H30ClN5O3. The Balaban J connectivity index is 1.44. The molecular weight excluding hydrogens is 466 g/mol. The van der Waals surface area contributed by atoms with Crippen molar-refractivity contribution in [2.75, 3.05) is 33.3 Å². The number of benzene rings is 1. The van der Waals surface area contributed by atoms with Gasteiger partial charge in [-0.25, -0.2) is 4.98 Å². The fourth-order valence-electron chi connectivity index (χ4n) is 4.43. The average Bonchev–Trinajstić information content (AvgIpc) is 3.09. The average molecular weight is 496 g/mol. The summed E-state index contributed by atoms with van der Waals surface area (Å²) >= 11 is 6.14. The zero-order chi connectivity index (χ0) is 25.0. The van der Waals surface area contributed by atoms with Crippen molar-refractivity contribution >= 4 is 34.8 Å². The number of piperazine rings is 1. The normalized spacial score (nSPS) is 17.7. The highest BCUT2D eigenvalue weighted by molar-refractivity contribution is 6.38. The second-order valence-electron chi connectivity index (χ2n) is 9.25. The molecule has 4 rings (SSSR count). The van der Waals surface area contributed by atoms with Crippen LogP contribution in [0.15, 0.2) is 53.7 Å². The third-order valence-corrected chi connectivity index (χ3v) is 6.42. The first-order valence-electron chi connectivity index (χ1n) is 11.6. The standard InChI is InChI=1S/C26H30ClN5O3/c1-26(2)17-31(24(33)22-9-5-8-21(30-22)16-35-3)12-13-32(26)25(34)23-28-11-10-19(15-29-23)18-6-4-7-20(27)14-18/h4-9,14-15H,10-13,16-17H2,1-3H3,(H,28,29). The molecule has 0 bridgehead atoms. The highest BCUT2D eigenvalue weighted by Crippen LogP contribution is 2.25. The van der Waals surface area contributed by atoms with Gasteiger partial charge in [-0.15, -0.1) is 0 Å². The Kier molecular flexibility index (Phi) is 7.52. The Labute approximate surface area is 210 Å². The van der Waals surface area contributed by atoms with E-state index < -0.39 is 5.54 Å². The number of carbonyl (C=O) groups is 2. The molecule has 8 nitrogen and oxygen atoms in total. The zero-order valence-electron chi connectivity index (χ0n) is 20.3. The predicted octanol–water partition coefficient (Wildman–Crippen LogP) is 3.38. The van der Waals surface area contributed by atoms with Crippen molar-refractivity contribution in [1.29, 1.82) is 0 Å². The van der Waals surface area contributed by atoms with Crippen LogP contribution >= 0.6 is 11.6 Å². The molecule has 0 atom stereocenters. The zero-order valence-corrected chi connectivity index (χ0v) is 21.0. The molecule has 1 fully saturated rings. The Morgan fingerprint density at radius 3 is 2.69 bits per heavy atom. The number of amidine groups is 1. The Hall–Kier alpha value is -3.23. The number of pyridine rings is 1. The topological polar surface area (TPSA) is 87.1 Å². The molecule has 1 N–H and O–H groups in total. The number of nitrogens with one attached hydrogen (secondary N) is 1. The summed E-state index contributed by atoms with van der Waals surface area (Å²) in [6.07, 6.45) is 2.53. The van der Waals surface area contributed by atoms with Gasteiger partial charge in [0.05, 0.1) is 17.8 Å². The van der Waals surface area contributed by atoms with Gasteiger partial charge >= 0.3 is 0 Å². The van der Waals surface area contributed by atoms with E-state index in [2.05, 4.69) is 15.3 Å². The van der Waals surface area contributed by atoms with Gasteiger partial charge in [-0.1, -0.05) is 29.8 Å². The molecule has 2 aliphatic rings. The number of amides is 2. The van der Waals surface area contributed by atoms with E-state index in [1.165, 1.54) is 0 Å². The summed E-state index contributed by atoms with van der Waals surface area (Å²) in [6, 6.07) is 13.0. The third kappa shape index (κ3) is 5.71. The van der Waals surface area contributed by atoms with Crippen LogP contribution in [0.2, 0.25) is 5.02 Å². The molecule has 1 saturated heterocycles. The van der Waals surface area contributed by atoms with E-state index in [-0.39, 0.29) is 11.8 Å². The number of hydrogen-bond donors (Lipinski definition) is 1. The minimum atomic E-state index is -0.578. The number of nitrogens with zero attached hydrogens (tertiary/aromatic N) is 4. The summed E-state index contributed by atoms with van der Waals surface area (Å²) in [4.78, 5) is 39.0. The van der Waals surface area contributed by atoms with Gasteiger partial charge in [-0.05, 0) is 55.7 Å². The van der Waals surface area contributed by atoms with Gasteiger partial charge in [0.25, 0.3) is 11.8 Å². The molecule has 3 heterocycles. The molecule has 35 heavy (non-hydrogen) atoms. The van der Waals surface area contributed by atoms with Crippen LogP contribution in [0.25, 0.3) is 5.57 Å². The summed E-state index contributed by atoms with van der Waals surface area (Å²) in [5.41, 5.74) is 2.55. The summed E-state index contributed by atoms with van der Waals surface area (Å²) in [7, 11) is 1.59. The molecule has 0 saturated carbocycles. The molecule has 2 amide bonds. The van der Waals surface area contributed by atoms with Crippen molar-refractivity contribution in [2.45, 2.75) is 32.4 Å². The molecule has 0 aliphatic carbocycles. The molecule has 2 aliphatic heterocycles. The maximum absolute atomic E-state index is 13.4. The number of rotatable bonds is 5. The van der Waals surface area contributed by atoms with Gasteiger partial charge in [0.15, 0.2) is 5.84 Å². The first-order valence-corrected chi connectivity index (χ1v) is 12.0. The van der Waals surface area contributed by atoms with E-state index in [1.807, 2.05) is 50.4 Å².